The molecule has 288 valence electrons. The molecule has 0 saturated carbocycles. The third-order valence-electron chi connectivity index (χ3n) is 10.9. The molecule has 0 spiro atoms. The number of hydrogen-bond acceptors (Lipinski definition) is 6. The van der Waals surface area contributed by atoms with E-state index in [0.717, 1.165) is 99.7 Å². The van der Waals surface area contributed by atoms with Crippen molar-refractivity contribution in [3.05, 3.63) is 122 Å². The monoisotopic (exact) mass is 724 g/mol. The van der Waals surface area contributed by atoms with Crippen molar-refractivity contribution in [2.45, 2.75) is 131 Å². The van der Waals surface area contributed by atoms with Gasteiger partial charge in [0.1, 0.15) is 17.2 Å². The minimum atomic E-state index is -0.659. The lowest BCUT2D eigenvalue weighted by Crippen LogP contribution is -2.27. The van der Waals surface area contributed by atoms with Crippen molar-refractivity contribution in [3.63, 3.8) is 0 Å². The largest absolute Gasteiger partial charge is 0.507 e. The maximum Gasteiger partial charge on any atom is 0.124 e. The van der Waals surface area contributed by atoms with E-state index >= 15 is 0 Å². The molecule has 0 aliphatic rings. The highest BCUT2D eigenvalue weighted by molar-refractivity contribution is 5.58. The minimum Gasteiger partial charge on any atom is -0.507 e. The predicted octanol–water partition coefficient (Wildman–Crippen LogP) is 11.4. The third kappa shape index (κ3) is 9.83. The second-order valence-electron chi connectivity index (χ2n) is 15.4. The van der Waals surface area contributed by atoms with Crippen LogP contribution in [0.3, 0.4) is 0 Å². The second-order valence-corrected chi connectivity index (χ2v) is 15.4. The highest BCUT2D eigenvalue weighted by atomic mass is 16.5. The van der Waals surface area contributed by atoms with Gasteiger partial charge in [-0.15, -0.1) is 0 Å². The van der Waals surface area contributed by atoms with Crippen molar-refractivity contribution < 1.29 is 29.5 Å². The minimum absolute atomic E-state index is 0.260. The molecule has 53 heavy (non-hydrogen) atoms. The van der Waals surface area contributed by atoms with Gasteiger partial charge in [-0.1, -0.05) is 96.3 Å². The van der Waals surface area contributed by atoms with Gasteiger partial charge in [-0.2, -0.15) is 0 Å². The summed E-state index contributed by atoms with van der Waals surface area (Å²) in [6, 6.07) is 21.3. The summed E-state index contributed by atoms with van der Waals surface area (Å²) in [5.41, 5.74) is 9.11. The molecule has 0 fully saturated rings. The number of hydrogen-bond donors (Lipinski definition) is 3. The van der Waals surface area contributed by atoms with E-state index in [0.29, 0.717) is 45.4 Å². The van der Waals surface area contributed by atoms with Crippen LogP contribution in [0.15, 0.2) is 60.7 Å². The number of ether oxygens (including phenoxy) is 3. The number of aryl methyl sites for hydroxylation is 3. The Hall–Kier alpha value is -3.84. The average molecular weight is 725 g/mol. The Morgan fingerprint density at radius 1 is 0.453 bits per heavy atom. The number of benzene rings is 4. The van der Waals surface area contributed by atoms with Crippen LogP contribution in [0.4, 0.5) is 0 Å². The van der Waals surface area contributed by atoms with Crippen molar-refractivity contribution in [1.29, 1.82) is 0 Å². The average Bonchev–Trinajstić information content (AvgIpc) is 3.14. The van der Waals surface area contributed by atoms with Crippen LogP contribution in [0.2, 0.25) is 0 Å². The first-order valence-corrected chi connectivity index (χ1v) is 19.6. The summed E-state index contributed by atoms with van der Waals surface area (Å²) in [6.45, 7) is 21.9. The Morgan fingerprint density at radius 2 is 0.774 bits per heavy atom. The lowest BCUT2D eigenvalue weighted by Gasteiger charge is -2.35. The second kappa shape index (κ2) is 19.0. The van der Waals surface area contributed by atoms with Crippen molar-refractivity contribution in [2.24, 2.45) is 0 Å². The summed E-state index contributed by atoms with van der Waals surface area (Å²) < 4.78 is 17.9. The van der Waals surface area contributed by atoms with E-state index in [1.165, 1.54) is 0 Å². The highest BCUT2D eigenvalue weighted by Gasteiger charge is 2.35. The number of aromatic hydroxyl groups is 3. The smallest absolute Gasteiger partial charge is 0.124 e. The topological polar surface area (TPSA) is 88.4 Å². The molecule has 0 atom stereocenters. The lowest BCUT2D eigenvalue weighted by molar-refractivity contribution is 0.116. The molecule has 6 nitrogen and oxygen atoms in total. The van der Waals surface area contributed by atoms with Crippen LogP contribution in [0, 0.1) is 20.8 Å². The number of rotatable bonds is 20. The highest BCUT2D eigenvalue weighted by Crippen LogP contribution is 2.45. The Kier molecular flexibility index (Phi) is 15.0. The van der Waals surface area contributed by atoms with Crippen molar-refractivity contribution in [2.75, 3.05) is 19.8 Å². The normalized spacial score (nSPS) is 12.1. The quantitative estimate of drug-likeness (QED) is 0.0621. The van der Waals surface area contributed by atoms with Crippen LogP contribution in [-0.4, -0.2) is 35.1 Å². The van der Waals surface area contributed by atoms with Crippen molar-refractivity contribution >= 4 is 0 Å². The van der Waals surface area contributed by atoms with E-state index in [4.69, 9.17) is 14.2 Å². The predicted molar refractivity (Wildman–Crippen MR) is 216 cm³/mol. The molecule has 4 aromatic carbocycles. The molecule has 4 rings (SSSR count). The molecule has 0 unspecified atom stereocenters. The summed E-state index contributed by atoms with van der Waals surface area (Å²) >= 11 is 0. The summed E-state index contributed by atoms with van der Waals surface area (Å²) in [5.74, 6) is 0.817. The van der Waals surface area contributed by atoms with Gasteiger partial charge in [-0.25, -0.2) is 0 Å². The molecule has 0 amide bonds. The number of phenols is 3. The molecule has 0 bridgehead atoms. The lowest BCUT2D eigenvalue weighted by atomic mass is 9.68. The van der Waals surface area contributed by atoms with Crippen LogP contribution < -0.4 is 0 Å². The standard InChI is InChI=1S/C47H64O6/c1-10-13-20-51-29-35-26-40(23-32(4)43(35)48)46(7,8)38-16-18-39(19-17-38)47(9,41-24-33(5)44(49)36(27-41)30-52-21-14-11-2)42-25-34(6)45(50)37(28-42)31-53-22-15-12-3/h16-19,23-28,48-50H,10-15,20-22,29-31H2,1-9H3. The van der Waals surface area contributed by atoms with Gasteiger partial charge in [0, 0.05) is 47.3 Å². The third-order valence-corrected chi connectivity index (χ3v) is 10.9. The van der Waals surface area contributed by atoms with Gasteiger partial charge in [0.25, 0.3) is 0 Å². The van der Waals surface area contributed by atoms with Gasteiger partial charge < -0.3 is 29.5 Å². The first-order chi connectivity index (χ1) is 25.3. The van der Waals surface area contributed by atoms with E-state index in [2.05, 4.69) is 102 Å². The fourth-order valence-electron chi connectivity index (χ4n) is 7.00. The molecule has 0 heterocycles. The zero-order chi connectivity index (χ0) is 38.8. The Bertz CT molecular complexity index is 1720. The molecule has 4 aromatic rings. The van der Waals surface area contributed by atoms with Crippen LogP contribution in [0.5, 0.6) is 17.2 Å². The maximum atomic E-state index is 11.2. The van der Waals surface area contributed by atoms with E-state index < -0.39 is 5.41 Å². The zero-order valence-electron chi connectivity index (χ0n) is 33.8. The summed E-state index contributed by atoms with van der Waals surface area (Å²) in [7, 11) is 0. The molecule has 0 aliphatic heterocycles. The van der Waals surface area contributed by atoms with Gasteiger partial charge in [-0.3, -0.25) is 0 Å². The molecule has 0 aliphatic carbocycles. The maximum absolute atomic E-state index is 11.2. The molecule has 0 saturated heterocycles. The van der Waals surface area contributed by atoms with Gasteiger partial charge in [0.15, 0.2) is 0 Å². The van der Waals surface area contributed by atoms with Gasteiger partial charge in [0.2, 0.25) is 0 Å². The van der Waals surface area contributed by atoms with Crippen LogP contribution >= 0.6 is 0 Å². The Morgan fingerprint density at radius 3 is 1.13 bits per heavy atom. The first-order valence-electron chi connectivity index (χ1n) is 19.6. The van der Waals surface area contributed by atoms with Gasteiger partial charge >= 0.3 is 0 Å². The summed E-state index contributed by atoms with van der Waals surface area (Å²) in [4.78, 5) is 0. The fraction of sp³-hybridized carbons (Fsp3) is 0.489. The van der Waals surface area contributed by atoms with Crippen molar-refractivity contribution in [1.82, 2.24) is 0 Å². The van der Waals surface area contributed by atoms with E-state index in [1.54, 1.807) is 0 Å². The van der Waals surface area contributed by atoms with E-state index in [1.807, 2.05) is 20.8 Å². The van der Waals surface area contributed by atoms with Gasteiger partial charge in [-0.05, 0) is 110 Å². The SMILES string of the molecule is CCCCOCc1cc(C(C)(C)c2ccc(C(C)(c3cc(C)c(O)c(COCCCC)c3)c3cc(C)c(O)c(COCCCC)c3)cc2)cc(C)c1O. The van der Waals surface area contributed by atoms with Crippen LogP contribution in [0.1, 0.15) is 141 Å². The Balaban J connectivity index is 1.83. The molecular formula is C47H64O6. The van der Waals surface area contributed by atoms with E-state index in [-0.39, 0.29) is 16.9 Å². The van der Waals surface area contributed by atoms with Gasteiger partial charge in [0.05, 0.1) is 19.8 Å². The fourth-order valence-corrected chi connectivity index (χ4v) is 7.00. The zero-order valence-corrected chi connectivity index (χ0v) is 33.8. The molecule has 6 heteroatoms. The Labute approximate surface area is 319 Å². The summed E-state index contributed by atoms with van der Waals surface area (Å²) in [5, 5.41) is 33.2. The van der Waals surface area contributed by atoms with Crippen LogP contribution in [0.25, 0.3) is 0 Å². The molecule has 0 radical (unpaired) electrons. The summed E-state index contributed by atoms with van der Waals surface area (Å²) in [6.07, 6.45) is 6.07. The van der Waals surface area contributed by atoms with Crippen molar-refractivity contribution in [3.8, 4) is 17.2 Å². The molecular weight excluding hydrogens is 661 g/mol. The van der Waals surface area contributed by atoms with Crippen LogP contribution in [-0.2, 0) is 44.9 Å². The number of unbranched alkanes of at least 4 members (excludes halogenated alkanes) is 3. The molecule has 0 aromatic heterocycles. The molecule has 3 N–H and O–H groups in total. The number of phenolic OH excluding ortho intramolecular Hbond substituents is 3. The first kappa shape index (κ1) is 41.9. The van der Waals surface area contributed by atoms with E-state index in [9.17, 15) is 15.3 Å².